The molecule has 2 heterocycles. The van der Waals surface area contributed by atoms with Crippen molar-refractivity contribution < 1.29 is 8.42 Å². The smallest absolute Gasteiger partial charge is 0.218 e. The lowest BCUT2D eigenvalue weighted by atomic mass is 10.1. The van der Waals surface area contributed by atoms with Gasteiger partial charge >= 0.3 is 0 Å². The third-order valence-electron chi connectivity index (χ3n) is 3.79. The summed E-state index contributed by atoms with van der Waals surface area (Å²) in [5.41, 5.74) is 8.17. The molecule has 0 saturated carbocycles. The van der Waals surface area contributed by atoms with Crippen LogP contribution in [0.4, 0.5) is 5.69 Å². The molecule has 6 heteroatoms. The highest BCUT2D eigenvalue weighted by Gasteiger charge is 2.35. The molecule has 1 aromatic heterocycles. The molecule has 0 spiro atoms. The maximum Gasteiger partial charge on any atom is 0.218 e. The van der Waals surface area contributed by atoms with E-state index in [0.717, 1.165) is 24.0 Å². The number of benzene rings is 1. The zero-order valence-electron chi connectivity index (χ0n) is 11.6. The van der Waals surface area contributed by atoms with Crippen molar-refractivity contribution >= 4 is 27.0 Å². The van der Waals surface area contributed by atoms with Gasteiger partial charge in [-0.05, 0) is 52.9 Å². The van der Waals surface area contributed by atoms with Crippen LogP contribution in [0.3, 0.4) is 0 Å². The molecule has 1 saturated heterocycles. The Morgan fingerprint density at radius 2 is 2.19 bits per heavy atom. The summed E-state index contributed by atoms with van der Waals surface area (Å²) in [6.45, 7) is 0.602. The van der Waals surface area contributed by atoms with Crippen LogP contribution < -0.4 is 5.73 Å². The normalized spacial score (nSPS) is 19.9. The van der Waals surface area contributed by atoms with Gasteiger partial charge in [-0.2, -0.15) is 15.6 Å². The van der Waals surface area contributed by atoms with Gasteiger partial charge in [0.1, 0.15) is 0 Å². The first-order valence-electron chi connectivity index (χ1n) is 6.92. The molecule has 1 aromatic carbocycles. The van der Waals surface area contributed by atoms with Crippen LogP contribution in [0.15, 0.2) is 41.1 Å². The number of anilines is 1. The van der Waals surface area contributed by atoms with Crippen LogP contribution >= 0.6 is 11.3 Å². The first kappa shape index (κ1) is 14.6. The molecule has 3 rings (SSSR count). The van der Waals surface area contributed by atoms with Crippen LogP contribution in [0, 0.1) is 0 Å². The summed E-state index contributed by atoms with van der Waals surface area (Å²) in [5, 5.41) is 4.04. The molecular weight excluding hydrogens is 304 g/mol. The van der Waals surface area contributed by atoms with E-state index in [1.165, 1.54) is 0 Å². The molecule has 0 bridgehead atoms. The van der Waals surface area contributed by atoms with Crippen molar-refractivity contribution in [2.75, 3.05) is 12.3 Å². The highest BCUT2D eigenvalue weighted by Crippen LogP contribution is 2.36. The molecular formula is C15H18N2O2S2. The van der Waals surface area contributed by atoms with Gasteiger partial charge < -0.3 is 5.73 Å². The Morgan fingerprint density at radius 1 is 1.33 bits per heavy atom. The fourth-order valence-corrected chi connectivity index (χ4v) is 5.34. The topological polar surface area (TPSA) is 63.4 Å². The van der Waals surface area contributed by atoms with E-state index < -0.39 is 10.0 Å². The predicted molar refractivity (Wildman–Crippen MR) is 86.5 cm³/mol. The number of sulfonamides is 1. The minimum absolute atomic E-state index is 0.0118. The minimum atomic E-state index is -3.32. The summed E-state index contributed by atoms with van der Waals surface area (Å²) in [5.74, 6) is 0.0126. The van der Waals surface area contributed by atoms with E-state index in [4.69, 9.17) is 5.73 Å². The number of thiophene rings is 1. The quantitative estimate of drug-likeness (QED) is 0.880. The molecule has 4 nitrogen and oxygen atoms in total. The zero-order chi connectivity index (χ0) is 14.9. The lowest BCUT2D eigenvalue weighted by molar-refractivity contribution is 0.397. The van der Waals surface area contributed by atoms with Crippen molar-refractivity contribution in [2.45, 2.75) is 24.6 Å². The number of nitrogens with zero attached hydrogens (tertiary/aromatic N) is 1. The third kappa shape index (κ3) is 3.12. The van der Waals surface area contributed by atoms with E-state index >= 15 is 0 Å². The van der Waals surface area contributed by atoms with E-state index in [1.807, 2.05) is 22.9 Å². The molecule has 1 atom stereocenters. The Hall–Kier alpha value is -1.37. The van der Waals surface area contributed by atoms with E-state index in [-0.39, 0.29) is 11.8 Å². The number of nitrogens with two attached hydrogens (primary N) is 1. The Kier molecular flexibility index (Phi) is 4.01. The van der Waals surface area contributed by atoms with E-state index in [1.54, 1.807) is 33.8 Å². The minimum Gasteiger partial charge on any atom is -0.399 e. The van der Waals surface area contributed by atoms with Gasteiger partial charge in [-0.15, -0.1) is 0 Å². The van der Waals surface area contributed by atoms with Crippen LogP contribution in [0.25, 0.3) is 0 Å². The fraction of sp³-hybridized carbons (Fsp3) is 0.333. The molecule has 1 unspecified atom stereocenters. The number of rotatable bonds is 4. The van der Waals surface area contributed by atoms with Gasteiger partial charge in [0.2, 0.25) is 10.0 Å². The molecule has 2 aromatic rings. The molecule has 0 radical (unpaired) electrons. The second kappa shape index (κ2) is 5.79. The van der Waals surface area contributed by atoms with Gasteiger partial charge in [-0.3, -0.25) is 0 Å². The van der Waals surface area contributed by atoms with Crippen LogP contribution in [0.2, 0.25) is 0 Å². The van der Waals surface area contributed by atoms with E-state index in [0.29, 0.717) is 12.2 Å². The van der Waals surface area contributed by atoms with Crippen molar-refractivity contribution in [1.82, 2.24) is 4.31 Å². The third-order valence-corrected chi connectivity index (χ3v) is 6.34. The van der Waals surface area contributed by atoms with E-state index in [2.05, 4.69) is 0 Å². The van der Waals surface area contributed by atoms with Gasteiger partial charge in [0.15, 0.2) is 0 Å². The zero-order valence-corrected chi connectivity index (χ0v) is 13.2. The molecule has 1 fully saturated rings. The SMILES string of the molecule is Nc1cccc(CS(=O)(=O)N2CCCC2c2ccsc2)c1. The molecule has 1 aliphatic rings. The van der Waals surface area contributed by atoms with Gasteiger partial charge in [-0.1, -0.05) is 12.1 Å². The van der Waals surface area contributed by atoms with Crippen LogP contribution in [0.5, 0.6) is 0 Å². The summed E-state index contributed by atoms with van der Waals surface area (Å²) >= 11 is 1.61. The first-order chi connectivity index (χ1) is 10.1. The van der Waals surface area contributed by atoms with Gasteiger partial charge in [0, 0.05) is 12.2 Å². The monoisotopic (exact) mass is 322 g/mol. The van der Waals surface area contributed by atoms with Crippen molar-refractivity contribution in [3.05, 3.63) is 52.2 Å². The standard InChI is InChI=1S/C15H18N2O2S2/c16-14-4-1-3-12(9-14)11-21(18,19)17-7-2-5-15(17)13-6-8-20-10-13/h1,3-4,6,8-10,15H,2,5,7,11,16H2. The average Bonchev–Trinajstić information content (AvgIpc) is 3.09. The molecule has 21 heavy (non-hydrogen) atoms. The van der Waals surface area contributed by atoms with Gasteiger partial charge in [0.25, 0.3) is 0 Å². The molecule has 0 aliphatic carbocycles. The average molecular weight is 322 g/mol. The molecule has 2 N–H and O–H groups in total. The summed E-state index contributed by atoms with van der Waals surface area (Å²) < 4.78 is 27.1. The van der Waals surface area contributed by atoms with Crippen LogP contribution in [0.1, 0.15) is 30.0 Å². The fourth-order valence-electron chi connectivity index (χ4n) is 2.85. The maximum absolute atomic E-state index is 12.7. The summed E-state index contributed by atoms with van der Waals surface area (Å²) in [6, 6.07) is 9.10. The Bertz CT molecular complexity index is 711. The predicted octanol–water partition coefficient (Wildman–Crippen LogP) is 3.00. The number of hydrogen-bond acceptors (Lipinski definition) is 4. The second-order valence-corrected chi connectivity index (χ2v) is 8.03. The van der Waals surface area contributed by atoms with Crippen molar-refractivity contribution in [3.63, 3.8) is 0 Å². The highest BCUT2D eigenvalue weighted by atomic mass is 32.2. The van der Waals surface area contributed by atoms with E-state index in [9.17, 15) is 8.42 Å². The van der Waals surface area contributed by atoms with Gasteiger partial charge in [-0.25, -0.2) is 8.42 Å². The lowest BCUT2D eigenvalue weighted by Crippen LogP contribution is -2.31. The Balaban J connectivity index is 1.84. The van der Waals surface area contributed by atoms with Crippen molar-refractivity contribution in [1.29, 1.82) is 0 Å². The van der Waals surface area contributed by atoms with Crippen molar-refractivity contribution in [3.8, 4) is 0 Å². The Labute approximate surface area is 129 Å². The molecule has 1 aliphatic heterocycles. The van der Waals surface area contributed by atoms with Gasteiger partial charge in [0.05, 0.1) is 11.8 Å². The number of hydrogen-bond donors (Lipinski definition) is 1. The first-order valence-corrected chi connectivity index (χ1v) is 9.47. The van der Waals surface area contributed by atoms with Crippen LogP contribution in [-0.4, -0.2) is 19.3 Å². The summed E-state index contributed by atoms with van der Waals surface area (Å²) in [4.78, 5) is 0. The molecule has 112 valence electrons. The largest absolute Gasteiger partial charge is 0.399 e. The lowest BCUT2D eigenvalue weighted by Gasteiger charge is -2.23. The molecule has 0 amide bonds. The highest BCUT2D eigenvalue weighted by molar-refractivity contribution is 7.88. The second-order valence-electron chi connectivity index (χ2n) is 5.33. The Morgan fingerprint density at radius 3 is 2.90 bits per heavy atom. The summed E-state index contributed by atoms with van der Waals surface area (Å²) in [7, 11) is -3.32. The van der Waals surface area contributed by atoms with Crippen LogP contribution in [-0.2, 0) is 15.8 Å². The summed E-state index contributed by atoms with van der Waals surface area (Å²) in [6.07, 6.45) is 1.81. The number of nitrogen functional groups attached to an aromatic ring is 1. The van der Waals surface area contributed by atoms with Crippen molar-refractivity contribution in [2.24, 2.45) is 0 Å². The maximum atomic E-state index is 12.7.